The molecule has 236 valence electrons. The lowest BCUT2D eigenvalue weighted by Gasteiger charge is -2.16. The van der Waals surface area contributed by atoms with Crippen LogP contribution < -0.4 is 16.0 Å². The molecule has 11 heteroatoms. The number of aryl methyl sites for hydroxylation is 1. The molecule has 4 aromatic heterocycles. The molecule has 6 rings (SSSR count). The summed E-state index contributed by atoms with van der Waals surface area (Å²) in [6, 6.07) is 13.0. The van der Waals surface area contributed by atoms with Crippen LogP contribution in [0.2, 0.25) is 0 Å². The molecule has 4 heterocycles. The maximum absolute atomic E-state index is 14.7. The SMILES string of the molecule is CCc1cc(NC(=O)C(C)C(C)C)cc(-c2cnc3n[nH]c(-c4nc5c(-c6cc(F)cc(NCCNC)c6)cncc5[nH]4)c3c2)c1. The maximum Gasteiger partial charge on any atom is 0.227 e. The summed E-state index contributed by atoms with van der Waals surface area (Å²) in [5.41, 5.74) is 8.33. The zero-order valence-corrected chi connectivity index (χ0v) is 26.6. The number of H-pyrrole nitrogens is 2. The van der Waals surface area contributed by atoms with E-state index >= 15 is 0 Å². The molecule has 0 spiro atoms. The van der Waals surface area contributed by atoms with Crippen LogP contribution in [0.25, 0.3) is 55.8 Å². The quantitative estimate of drug-likeness (QED) is 0.101. The molecule has 0 aliphatic heterocycles. The third kappa shape index (κ3) is 6.32. The largest absolute Gasteiger partial charge is 0.384 e. The Bertz CT molecular complexity index is 2030. The molecule has 2 aromatic carbocycles. The van der Waals surface area contributed by atoms with E-state index in [2.05, 4.69) is 54.1 Å². The first-order chi connectivity index (χ1) is 22.2. The number of aromatic nitrogens is 6. The van der Waals surface area contributed by atoms with E-state index in [-0.39, 0.29) is 23.6 Å². The lowest BCUT2D eigenvalue weighted by molar-refractivity contribution is -0.120. The van der Waals surface area contributed by atoms with Gasteiger partial charge in [0.15, 0.2) is 11.5 Å². The summed E-state index contributed by atoms with van der Waals surface area (Å²) in [6.45, 7) is 9.53. The molecule has 0 aliphatic rings. The van der Waals surface area contributed by atoms with Gasteiger partial charge in [-0.1, -0.05) is 33.8 Å². The molecule has 0 radical (unpaired) electrons. The first-order valence-electron chi connectivity index (χ1n) is 15.6. The Morgan fingerprint density at radius 3 is 2.54 bits per heavy atom. The van der Waals surface area contributed by atoms with E-state index in [0.29, 0.717) is 51.6 Å². The van der Waals surface area contributed by atoms with Crippen molar-refractivity contribution in [3.8, 4) is 33.8 Å². The van der Waals surface area contributed by atoms with Gasteiger partial charge in [0, 0.05) is 53.9 Å². The number of amides is 1. The van der Waals surface area contributed by atoms with Crippen molar-refractivity contribution in [1.29, 1.82) is 0 Å². The van der Waals surface area contributed by atoms with Gasteiger partial charge < -0.3 is 20.9 Å². The fraction of sp³-hybridized carbons (Fsp3) is 0.286. The Hall–Kier alpha value is -5.16. The molecular weight excluding hydrogens is 581 g/mol. The zero-order valence-electron chi connectivity index (χ0n) is 26.6. The van der Waals surface area contributed by atoms with Crippen molar-refractivity contribution < 1.29 is 9.18 Å². The standard InChI is InChI=1S/C35H38FN9O/c1-6-21-9-22(12-27(10-21)41-35(46)20(4)19(2)3)24-14-28-32(44-45-33(28)40-16-24)34-42-30-18-38-17-29(31(30)43-34)23-11-25(36)15-26(13-23)39-8-7-37-5/h9-20,37,39H,6-8H2,1-5H3,(H,41,46)(H,42,43)(H,40,44,45). The number of nitrogens with zero attached hydrogens (tertiary/aromatic N) is 4. The minimum atomic E-state index is -0.348. The average molecular weight is 620 g/mol. The van der Waals surface area contributed by atoms with Crippen LogP contribution in [0.1, 0.15) is 33.3 Å². The van der Waals surface area contributed by atoms with Gasteiger partial charge in [0.05, 0.1) is 22.6 Å². The van der Waals surface area contributed by atoms with E-state index in [0.717, 1.165) is 40.7 Å². The third-order valence-electron chi connectivity index (χ3n) is 8.37. The van der Waals surface area contributed by atoms with Crippen LogP contribution in [0.15, 0.2) is 61.1 Å². The van der Waals surface area contributed by atoms with E-state index in [1.165, 1.54) is 12.1 Å². The molecular formula is C35H38FN9O. The van der Waals surface area contributed by atoms with Gasteiger partial charge in [0.25, 0.3) is 0 Å². The number of fused-ring (bicyclic) bond motifs is 2. The molecule has 46 heavy (non-hydrogen) atoms. The second-order valence-electron chi connectivity index (χ2n) is 11.9. The first kappa shape index (κ1) is 30.8. The van der Waals surface area contributed by atoms with Crippen molar-refractivity contribution in [3.05, 3.63) is 72.4 Å². The molecule has 0 aliphatic carbocycles. The van der Waals surface area contributed by atoms with Gasteiger partial charge in [-0.05, 0) is 72.5 Å². The number of carbonyl (C=O) groups excluding carboxylic acids is 1. The number of anilines is 2. The highest BCUT2D eigenvalue weighted by molar-refractivity contribution is 5.97. The topological polar surface area (TPSA) is 136 Å². The van der Waals surface area contributed by atoms with E-state index in [1.54, 1.807) is 18.6 Å². The van der Waals surface area contributed by atoms with Crippen LogP contribution in [0.4, 0.5) is 15.8 Å². The number of imidazole rings is 1. The minimum absolute atomic E-state index is 0.00170. The number of likely N-dealkylation sites (N-methyl/N-ethyl adjacent to an activating group) is 1. The lowest BCUT2D eigenvalue weighted by atomic mass is 9.96. The molecule has 10 nitrogen and oxygen atoms in total. The summed E-state index contributed by atoms with van der Waals surface area (Å²) in [4.78, 5) is 30.2. The molecule has 0 saturated heterocycles. The van der Waals surface area contributed by atoms with Gasteiger partial charge in [0.1, 0.15) is 11.5 Å². The van der Waals surface area contributed by atoms with Crippen LogP contribution in [0, 0.1) is 17.7 Å². The zero-order chi connectivity index (χ0) is 32.4. The highest BCUT2D eigenvalue weighted by atomic mass is 19.1. The molecule has 0 fully saturated rings. The second kappa shape index (κ2) is 13.1. The predicted octanol–water partition coefficient (Wildman–Crippen LogP) is 6.79. The normalized spacial score (nSPS) is 12.2. The molecule has 5 N–H and O–H groups in total. The van der Waals surface area contributed by atoms with Gasteiger partial charge in [-0.2, -0.15) is 5.10 Å². The van der Waals surface area contributed by atoms with Gasteiger partial charge in [-0.3, -0.25) is 14.9 Å². The van der Waals surface area contributed by atoms with Crippen LogP contribution in [0.5, 0.6) is 0 Å². The van der Waals surface area contributed by atoms with Crippen molar-refractivity contribution in [3.63, 3.8) is 0 Å². The molecule has 1 unspecified atom stereocenters. The number of pyridine rings is 2. The van der Waals surface area contributed by atoms with Gasteiger partial charge >= 0.3 is 0 Å². The Labute approximate surface area is 266 Å². The minimum Gasteiger partial charge on any atom is -0.384 e. The smallest absolute Gasteiger partial charge is 0.227 e. The fourth-order valence-electron chi connectivity index (χ4n) is 5.37. The number of hydrogen-bond donors (Lipinski definition) is 5. The summed E-state index contributed by atoms with van der Waals surface area (Å²) in [7, 11) is 1.87. The number of hydrogen-bond acceptors (Lipinski definition) is 7. The molecule has 6 aromatic rings. The van der Waals surface area contributed by atoms with Crippen molar-refractivity contribution in [2.45, 2.75) is 34.1 Å². The molecule has 1 atom stereocenters. The number of halogens is 1. The Morgan fingerprint density at radius 1 is 0.935 bits per heavy atom. The van der Waals surface area contributed by atoms with E-state index < -0.39 is 0 Å². The monoisotopic (exact) mass is 619 g/mol. The summed E-state index contributed by atoms with van der Waals surface area (Å²) < 4.78 is 14.7. The van der Waals surface area contributed by atoms with Crippen LogP contribution in [-0.4, -0.2) is 56.2 Å². The first-order valence-corrected chi connectivity index (χ1v) is 15.6. The third-order valence-corrected chi connectivity index (χ3v) is 8.37. The average Bonchev–Trinajstić information content (AvgIpc) is 3.68. The highest BCUT2D eigenvalue weighted by Crippen LogP contribution is 2.34. The van der Waals surface area contributed by atoms with E-state index in [9.17, 15) is 9.18 Å². The maximum atomic E-state index is 14.7. The summed E-state index contributed by atoms with van der Waals surface area (Å²) >= 11 is 0. The lowest BCUT2D eigenvalue weighted by Crippen LogP contribution is -2.24. The molecule has 1 amide bonds. The number of aromatic amines is 2. The van der Waals surface area contributed by atoms with E-state index in [4.69, 9.17) is 4.98 Å². The number of carbonyl (C=O) groups is 1. The molecule has 0 bridgehead atoms. The molecule has 0 saturated carbocycles. The van der Waals surface area contributed by atoms with E-state index in [1.807, 2.05) is 52.1 Å². The Kier molecular flexibility index (Phi) is 8.76. The van der Waals surface area contributed by atoms with Crippen molar-refractivity contribution in [2.75, 3.05) is 30.8 Å². The summed E-state index contributed by atoms with van der Waals surface area (Å²) in [5, 5.41) is 17.7. The highest BCUT2D eigenvalue weighted by Gasteiger charge is 2.19. The van der Waals surface area contributed by atoms with Gasteiger partial charge in [-0.15, -0.1) is 0 Å². The van der Waals surface area contributed by atoms with Crippen LogP contribution in [-0.2, 0) is 11.2 Å². The Balaban J connectivity index is 1.37. The van der Waals surface area contributed by atoms with Crippen molar-refractivity contribution in [2.24, 2.45) is 11.8 Å². The predicted molar refractivity (Wildman–Crippen MR) is 182 cm³/mol. The van der Waals surface area contributed by atoms with Crippen LogP contribution in [0.3, 0.4) is 0 Å². The second-order valence-corrected chi connectivity index (χ2v) is 11.9. The van der Waals surface area contributed by atoms with Crippen molar-refractivity contribution >= 4 is 39.3 Å². The fourth-order valence-corrected chi connectivity index (χ4v) is 5.37. The van der Waals surface area contributed by atoms with Crippen molar-refractivity contribution in [1.82, 2.24) is 35.5 Å². The van der Waals surface area contributed by atoms with Gasteiger partial charge in [0.2, 0.25) is 5.91 Å². The number of benzene rings is 2. The summed E-state index contributed by atoms with van der Waals surface area (Å²) in [5.74, 6) is 0.342. The Morgan fingerprint density at radius 2 is 1.76 bits per heavy atom. The number of nitrogens with one attached hydrogen (secondary N) is 5. The van der Waals surface area contributed by atoms with Gasteiger partial charge in [-0.25, -0.2) is 14.4 Å². The van der Waals surface area contributed by atoms with Crippen LogP contribution >= 0.6 is 0 Å². The summed E-state index contributed by atoms with van der Waals surface area (Å²) in [6.07, 6.45) is 6.01. The number of rotatable bonds is 11.